The monoisotopic (exact) mass is 342 g/mol. The van der Waals surface area contributed by atoms with Crippen molar-refractivity contribution < 1.29 is 22.4 Å². The van der Waals surface area contributed by atoms with E-state index in [1.807, 2.05) is 20.8 Å². The maximum atomic E-state index is 11.6. The Hall–Kier alpha value is 0.264. The zero-order valence-electron chi connectivity index (χ0n) is 13.7. The van der Waals surface area contributed by atoms with Crippen LogP contribution in [0.4, 0.5) is 0 Å². The molecule has 5 nitrogen and oxygen atoms in total. The van der Waals surface area contributed by atoms with Gasteiger partial charge in [0.2, 0.25) is 0 Å². The summed E-state index contributed by atoms with van der Waals surface area (Å²) in [4.78, 5) is 0. The van der Waals surface area contributed by atoms with Gasteiger partial charge in [-0.1, -0.05) is 39.9 Å². The lowest BCUT2D eigenvalue weighted by atomic mass is 9.90. The van der Waals surface area contributed by atoms with E-state index in [0.717, 1.165) is 6.04 Å². The van der Waals surface area contributed by atoms with Crippen molar-refractivity contribution in [1.82, 2.24) is 0 Å². The molecule has 0 spiro atoms. The second kappa shape index (κ2) is 8.04. The lowest BCUT2D eigenvalue weighted by Crippen LogP contribution is -2.46. The van der Waals surface area contributed by atoms with Crippen LogP contribution in [0, 0.1) is 5.41 Å². The lowest BCUT2D eigenvalue weighted by Gasteiger charge is -2.31. The number of hydrogen-bond acceptors (Lipinski definition) is 4. The first-order valence-corrected chi connectivity index (χ1v) is 14.9. The molecule has 0 saturated heterocycles. The van der Waals surface area contributed by atoms with Gasteiger partial charge in [-0.2, -0.15) is 8.42 Å². The van der Waals surface area contributed by atoms with Gasteiger partial charge in [0.05, 0.1) is 13.6 Å². The van der Waals surface area contributed by atoms with Crippen LogP contribution in [0.25, 0.3) is 0 Å². The van der Waals surface area contributed by atoms with Crippen molar-refractivity contribution in [1.29, 1.82) is 0 Å². The third-order valence-corrected chi connectivity index (χ3v) is 16.5. The molecule has 0 radical (unpaired) electrons. The fraction of sp³-hybridized carbons (Fsp3) is 1.00. The van der Waals surface area contributed by atoms with Crippen LogP contribution >= 0.6 is 0 Å². The summed E-state index contributed by atoms with van der Waals surface area (Å²) in [7, 11) is -3.00. The summed E-state index contributed by atoms with van der Waals surface area (Å²) >= 11 is 0. The van der Waals surface area contributed by atoms with E-state index in [9.17, 15) is 13.0 Å². The molecule has 0 amide bonds. The normalized spacial score (nSPS) is 16.7. The van der Waals surface area contributed by atoms with Gasteiger partial charge in [0, 0.05) is 22.5 Å². The van der Waals surface area contributed by atoms with E-state index in [1.165, 1.54) is 0 Å². The smallest absolute Gasteiger partial charge is 0.268 e. The highest BCUT2D eigenvalue weighted by Crippen LogP contribution is 2.30. The minimum Gasteiger partial charge on any atom is -0.360 e. The van der Waals surface area contributed by atoms with Gasteiger partial charge in [-0.15, -0.1) is 0 Å². The molecule has 0 aliphatic carbocycles. The van der Waals surface area contributed by atoms with Crippen LogP contribution in [0.15, 0.2) is 0 Å². The minimum absolute atomic E-state index is 0.163. The molecule has 1 N–H and O–H groups in total. The molecule has 20 heavy (non-hydrogen) atoms. The summed E-state index contributed by atoms with van der Waals surface area (Å²) < 4.78 is 43.4. The second-order valence-electron chi connectivity index (χ2n) is 6.69. The van der Waals surface area contributed by atoms with E-state index in [0.29, 0.717) is 6.42 Å². The second-order valence-corrected chi connectivity index (χ2v) is 19.8. The van der Waals surface area contributed by atoms with Crippen molar-refractivity contribution >= 4 is 26.7 Å². The summed E-state index contributed by atoms with van der Waals surface area (Å²) in [5, 5.41) is -0.730. The van der Waals surface area contributed by atoms with E-state index >= 15 is 0 Å². The van der Waals surface area contributed by atoms with Gasteiger partial charge < -0.3 is 9.47 Å². The third kappa shape index (κ3) is 6.36. The Kier molecular flexibility index (Phi) is 8.15. The molecule has 0 fully saturated rings. The molecular weight excluding hydrogens is 312 g/mol. The van der Waals surface area contributed by atoms with E-state index < -0.39 is 37.4 Å². The molecule has 0 aromatic carbocycles. The van der Waals surface area contributed by atoms with Crippen molar-refractivity contribution in [3.63, 3.8) is 0 Å². The summed E-state index contributed by atoms with van der Waals surface area (Å²) in [6, 6.07) is 0.817. The van der Waals surface area contributed by atoms with Crippen molar-refractivity contribution in [2.24, 2.45) is 5.41 Å². The predicted molar refractivity (Wildman–Crippen MR) is 88.0 cm³/mol. The number of ether oxygens (including phenoxy) is 2. The average molecular weight is 343 g/mol. The van der Waals surface area contributed by atoms with Crippen molar-refractivity contribution in [2.45, 2.75) is 57.5 Å². The summed E-state index contributed by atoms with van der Waals surface area (Å²) in [6.07, 6.45) is 0.480. The van der Waals surface area contributed by atoms with E-state index in [2.05, 4.69) is 13.1 Å². The molecule has 0 aromatic rings. The fourth-order valence-corrected chi connectivity index (χ4v) is 12.6. The molecule has 0 aliphatic heterocycles. The van der Waals surface area contributed by atoms with Gasteiger partial charge in [-0.3, -0.25) is 4.55 Å². The molecule has 8 heteroatoms. The summed E-state index contributed by atoms with van der Waals surface area (Å²) in [5.74, 6) is -0.163. The molecule has 0 heterocycles. The first kappa shape index (κ1) is 20.3. The molecule has 0 bridgehead atoms. The van der Waals surface area contributed by atoms with Gasteiger partial charge in [-0.25, -0.2) is 0 Å². The Morgan fingerprint density at radius 2 is 1.60 bits per heavy atom. The molecule has 0 aliphatic rings. The van der Waals surface area contributed by atoms with Gasteiger partial charge in [0.25, 0.3) is 10.1 Å². The zero-order chi connectivity index (χ0) is 16.1. The molecule has 2 atom stereocenters. The van der Waals surface area contributed by atoms with Gasteiger partial charge >= 0.3 is 0 Å². The quantitative estimate of drug-likeness (QED) is 0.412. The maximum absolute atomic E-state index is 11.6. The highest BCUT2D eigenvalue weighted by atomic mass is 32.2. The van der Waals surface area contributed by atoms with Crippen molar-refractivity contribution in [3.05, 3.63) is 0 Å². The number of methoxy groups -OCH3 is 2. The van der Waals surface area contributed by atoms with Crippen molar-refractivity contribution in [3.8, 4) is 0 Å². The Bertz CT molecular complexity index is 374. The third-order valence-electron chi connectivity index (χ3n) is 3.76. The van der Waals surface area contributed by atoms with Crippen LogP contribution < -0.4 is 0 Å². The Morgan fingerprint density at radius 1 is 1.15 bits per heavy atom. The molecule has 0 aromatic heterocycles. The molecular formula is C12H30O5SSi2. The highest BCUT2D eigenvalue weighted by molar-refractivity contribution is 7.86. The van der Waals surface area contributed by atoms with Crippen molar-refractivity contribution in [2.75, 3.05) is 14.2 Å². The van der Waals surface area contributed by atoms with Gasteiger partial charge in [-0.05, 0) is 11.8 Å². The van der Waals surface area contributed by atoms with Crippen LogP contribution in [0.2, 0.25) is 19.1 Å². The topological polar surface area (TPSA) is 72.8 Å². The first-order valence-electron chi connectivity index (χ1n) is 6.97. The molecule has 122 valence electrons. The molecule has 0 saturated carbocycles. The highest BCUT2D eigenvalue weighted by Gasteiger charge is 2.37. The summed E-state index contributed by atoms with van der Waals surface area (Å²) in [5.41, 5.74) is -0.472. The van der Waals surface area contributed by atoms with Crippen LogP contribution in [0.3, 0.4) is 0 Å². The van der Waals surface area contributed by atoms with Gasteiger partial charge in [0.1, 0.15) is 5.91 Å². The zero-order valence-corrected chi connectivity index (χ0v) is 16.8. The Balaban J connectivity index is 4.99. The Morgan fingerprint density at radius 3 is 1.85 bits per heavy atom. The lowest BCUT2D eigenvalue weighted by molar-refractivity contribution is -0.0456. The maximum Gasteiger partial charge on any atom is 0.268 e. The molecule has 2 unspecified atom stereocenters. The average Bonchev–Trinajstić information content (AvgIpc) is 2.24. The fourth-order valence-electron chi connectivity index (χ4n) is 2.60. The Labute approximate surface area is 126 Å². The van der Waals surface area contributed by atoms with Crippen LogP contribution in [0.1, 0.15) is 27.2 Å². The first-order chi connectivity index (χ1) is 8.95. The SMILES string of the molecule is COC(OC)[SiH](CCC(C(C)(C)C)S(=O)(=O)O)[SiH](C)C. The summed E-state index contributed by atoms with van der Waals surface area (Å²) in [6.45, 7) is 10.0. The standard InChI is InChI=1S/C12H30O5SSi2/c1-12(2,3)10(18(13,14)15)8-9-20(19(6)7)11(16-4)17-5/h10-11,19-20H,8-9H2,1-7H3,(H,13,14,15). The largest absolute Gasteiger partial charge is 0.360 e. The van der Waals surface area contributed by atoms with Crippen LogP contribution in [-0.2, 0) is 19.6 Å². The number of rotatable bonds is 8. The van der Waals surface area contributed by atoms with Crippen LogP contribution in [0.5, 0.6) is 0 Å². The predicted octanol–water partition coefficient (Wildman–Crippen LogP) is 1.63. The van der Waals surface area contributed by atoms with E-state index in [4.69, 9.17) is 9.47 Å². The van der Waals surface area contributed by atoms with Gasteiger partial charge in [0.15, 0.2) is 0 Å². The van der Waals surface area contributed by atoms with E-state index in [-0.39, 0.29) is 5.91 Å². The van der Waals surface area contributed by atoms with E-state index in [1.54, 1.807) is 14.2 Å². The van der Waals surface area contributed by atoms with Crippen LogP contribution in [-0.4, -0.2) is 55.0 Å². The number of hydrogen-bond donors (Lipinski definition) is 1. The molecule has 0 rings (SSSR count). The minimum atomic E-state index is -4.03.